The number of thioether (sulfide) groups is 1. The maximum atomic E-state index is 12.2. The van der Waals surface area contributed by atoms with Crippen molar-refractivity contribution in [2.45, 2.75) is 17.3 Å². The van der Waals surface area contributed by atoms with E-state index in [1.54, 1.807) is 25.1 Å². The first-order chi connectivity index (χ1) is 10.9. The van der Waals surface area contributed by atoms with Gasteiger partial charge in [0.2, 0.25) is 5.91 Å². The van der Waals surface area contributed by atoms with Gasteiger partial charge in [-0.3, -0.25) is 4.79 Å². The van der Waals surface area contributed by atoms with Gasteiger partial charge in [-0.25, -0.2) is 9.97 Å². The normalized spacial score (nSPS) is 11.8. The predicted octanol–water partition coefficient (Wildman–Crippen LogP) is 2.42. The van der Waals surface area contributed by atoms with Crippen LogP contribution in [0.5, 0.6) is 5.75 Å². The number of nitrogens with one attached hydrogen (secondary N) is 1. The molecule has 9 heteroatoms. The lowest BCUT2D eigenvalue weighted by molar-refractivity contribution is -0.115. The molecule has 1 atom stereocenters. The third kappa shape index (κ3) is 4.64. The van der Waals surface area contributed by atoms with Gasteiger partial charge in [-0.2, -0.15) is 0 Å². The van der Waals surface area contributed by atoms with Crippen molar-refractivity contribution in [2.24, 2.45) is 0 Å². The molecule has 0 spiro atoms. The summed E-state index contributed by atoms with van der Waals surface area (Å²) in [4.78, 5) is 20.3. The third-order valence-electron chi connectivity index (χ3n) is 2.82. The molecule has 1 amide bonds. The summed E-state index contributed by atoms with van der Waals surface area (Å²) in [5.41, 5.74) is 11.8. The molecular weight excluding hydrogens is 338 g/mol. The second-order valence-corrected chi connectivity index (χ2v) is 6.31. The van der Waals surface area contributed by atoms with Gasteiger partial charge in [0.15, 0.2) is 5.16 Å². The van der Waals surface area contributed by atoms with Crippen LogP contribution in [-0.2, 0) is 4.79 Å². The zero-order valence-corrected chi connectivity index (χ0v) is 14.1. The highest BCUT2D eigenvalue weighted by Crippen LogP contribution is 2.28. The molecule has 0 saturated carbocycles. The molecule has 23 heavy (non-hydrogen) atoms. The fraction of sp³-hybridized carbons (Fsp3) is 0.214. The topological polar surface area (TPSA) is 116 Å². The van der Waals surface area contributed by atoms with Gasteiger partial charge in [-0.15, -0.1) is 0 Å². The standard InChI is InChI=1S/C14H16ClN5O2S/c1-7(23-14-19-11(16)6-12(17)20-14)13(21)18-8-3-4-10(22-2)9(15)5-8/h3-7H,1-2H3,(H,18,21)(H4,16,17,19,20). The van der Waals surface area contributed by atoms with E-state index in [4.69, 9.17) is 27.8 Å². The second kappa shape index (κ2) is 7.38. The summed E-state index contributed by atoms with van der Waals surface area (Å²) < 4.78 is 5.06. The van der Waals surface area contributed by atoms with Crippen LogP contribution in [0.4, 0.5) is 17.3 Å². The molecule has 7 nitrogen and oxygen atoms in total. The predicted molar refractivity (Wildman–Crippen MR) is 92.8 cm³/mol. The van der Waals surface area contributed by atoms with E-state index in [9.17, 15) is 4.79 Å². The van der Waals surface area contributed by atoms with Gasteiger partial charge < -0.3 is 21.5 Å². The molecule has 5 N–H and O–H groups in total. The molecule has 0 aliphatic heterocycles. The van der Waals surface area contributed by atoms with Crippen molar-refractivity contribution in [1.29, 1.82) is 0 Å². The summed E-state index contributed by atoms with van der Waals surface area (Å²) in [5, 5.41) is 3.08. The number of methoxy groups -OCH3 is 1. The number of nitrogens with zero attached hydrogens (tertiary/aromatic N) is 2. The van der Waals surface area contributed by atoms with Crippen LogP contribution in [0.25, 0.3) is 0 Å². The number of ether oxygens (including phenoxy) is 1. The Balaban J connectivity index is 2.03. The number of carbonyl (C=O) groups excluding carboxylic acids is 1. The second-order valence-electron chi connectivity index (χ2n) is 4.60. The third-order valence-corrected chi connectivity index (χ3v) is 4.07. The van der Waals surface area contributed by atoms with Crippen molar-refractivity contribution in [3.8, 4) is 5.75 Å². The molecule has 0 bridgehead atoms. The van der Waals surface area contributed by atoms with E-state index in [1.165, 1.54) is 13.2 Å². The van der Waals surface area contributed by atoms with Gasteiger partial charge in [0.1, 0.15) is 17.4 Å². The lowest BCUT2D eigenvalue weighted by Crippen LogP contribution is -2.22. The molecule has 1 aromatic carbocycles. The molecule has 0 fully saturated rings. The number of carbonyl (C=O) groups is 1. The van der Waals surface area contributed by atoms with Crippen LogP contribution in [0, 0.1) is 0 Å². The molecular formula is C14H16ClN5O2S. The Morgan fingerprint density at radius 1 is 1.30 bits per heavy atom. The summed E-state index contributed by atoms with van der Waals surface area (Å²) in [6.45, 7) is 1.73. The number of hydrogen-bond acceptors (Lipinski definition) is 7. The van der Waals surface area contributed by atoms with E-state index >= 15 is 0 Å². The van der Waals surface area contributed by atoms with E-state index in [0.717, 1.165) is 11.8 Å². The van der Waals surface area contributed by atoms with Gasteiger partial charge in [0.05, 0.1) is 17.4 Å². The lowest BCUT2D eigenvalue weighted by atomic mass is 10.3. The minimum atomic E-state index is -0.447. The van der Waals surface area contributed by atoms with Crippen molar-refractivity contribution in [1.82, 2.24) is 9.97 Å². The van der Waals surface area contributed by atoms with Crippen molar-refractivity contribution < 1.29 is 9.53 Å². The Morgan fingerprint density at radius 2 is 1.96 bits per heavy atom. The lowest BCUT2D eigenvalue weighted by Gasteiger charge is -2.12. The Labute approximate surface area is 142 Å². The number of nitrogens with two attached hydrogens (primary N) is 2. The number of benzene rings is 1. The van der Waals surface area contributed by atoms with Crippen molar-refractivity contribution in [3.63, 3.8) is 0 Å². The van der Waals surface area contributed by atoms with Crippen LogP contribution in [0.1, 0.15) is 6.92 Å². The molecule has 122 valence electrons. The number of amides is 1. The van der Waals surface area contributed by atoms with E-state index in [1.807, 2.05) is 0 Å². The maximum absolute atomic E-state index is 12.2. The highest BCUT2D eigenvalue weighted by Gasteiger charge is 2.17. The van der Waals surface area contributed by atoms with Crippen LogP contribution in [0.2, 0.25) is 5.02 Å². The quantitative estimate of drug-likeness (QED) is 0.558. The molecule has 1 heterocycles. The average molecular weight is 354 g/mol. The Morgan fingerprint density at radius 3 is 2.52 bits per heavy atom. The number of aromatic nitrogens is 2. The van der Waals surface area contributed by atoms with E-state index < -0.39 is 5.25 Å². The number of anilines is 3. The minimum absolute atomic E-state index is 0.221. The summed E-state index contributed by atoms with van der Waals surface area (Å²) >= 11 is 7.19. The van der Waals surface area contributed by atoms with Crippen LogP contribution < -0.4 is 21.5 Å². The number of hydrogen-bond donors (Lipinski definition) is 3. The maximum Gasteiger partial charge on any atom is 0.237 e. The molecule has 2 aromatic rings. The van der Waals surface area contributed by atoms with Crippen LogP contribution in [0.15, 0.2) is 29.4 Å². The zero-order chi connectivity index (χ0) is 17.0. The molecule has 2 rings (SSSR count). The summed E-state index contributed by atoms with van der Waals surface area (Å²) in [7, 11) is 1.52. The number of rotatable bonds is 5. The number of nitrogen functional groups attached to an aromatic ring is 2. The number of halogens is 1. The highest BCUT2D eigenvalue weighted by atomic mass is 35.5. The van der Waals surface area contributed by atoms with Crippen LogP contribution in [-0.4, -0.2) is 28.2 Å². The molecule has 0 saturated heterocycles. The van der Waals surface area contributed by atoms with E-state index in [2.05, 4.69) is 15.3 Å². The van der Waals surface area contributed by atoms with Gasteiger partial charge >= 0.3 is 0 Å². The fourth-order valence-corrected chi connectivity index (χ4v) is 2.77. The molecule has 1 unspecified atom stereocenters. The summed E-state index contributed by atoms with van der Waals surface area (Å²) in [6, 6.07) is 6.45. The van der Waals surface area contributed by atoms with Crippen LogP contribution in [0.3, 0.4) is 0 Å². The molecule has 0 radical (unpaired) electrons. The monoisotopic (exact) mass is 353 g/mol. The summed E-state index contributed by atoms with van der Waals surface area (Å²) in [6.07, 6.45) is 0. The Hall–Kier alpha value is -2.19. The fourth-order valence-electron chi connectivity index (χ4n) is 1.71. The molecule has 1 aromatic heterocycles. The smallest absolute Gasteiger partial charge is 0.237 e. The summed E-state index contributed by atoms with van der Waals surface area (Å²) in [5.74, 6) is 0.834. The zero-order valence-electron chi connectivity index (χ0n) is 12.5. The largest absolute Gasteiger partial charge is 0.495 e. The van der Waals surface area contributed by atoms with Crippen molar-refractivity contribution >= 4 is 46.6 Å². The Bertz CT molecular complexity index is 708. The van der Waals surface area contributed by atoms with Crippen molar-refractivity contribution in [2.75, 3.05) is 23.9 Å². The average Bonchev–Trinajstić information content (AvgIpc) is 2.46. The molecule has 0 aliphatic carbocycles. The first-order valence-electron chi connectivity index (χ1n) is 6.60. The van der Waals surface area contributed by atoms with Gasteiger partial charge in [0, 0.05) is 11.8 Å². The first-order valence-corrected chi connectivity index (χ1v) is 7.86. The van der Waals surface area contributed by atoms with Crippen LogP contribution >= 0.6 is 23.4 Å². The minimum Gasteiger partial charge on any atom is -0.495 e. The van der Waals surface area contributed by atoms with Gasteiger partial charge in [-0.05, 0) is 25.1 Å². The first kappa shape index (κ1) is 17.2. The van der Waals surface area contributed by atoms with E-state index in [-0.39, 0.29) is 17.5 Å². The van der Waals surface area contributed by atoms with Gasteiger partial charge in [0.25, 0.3) is 0 Å². The Kier molecular flexibility index (Phi) is 5.51. The van der Waals surface area contributed by atoms with Crippen molar-refractivity contribution in [3.05, 3.63) is 29.3 Å². The highest BCUT2D eigenvalue weighted by molar-refractivity contribution is 8.00. The molecule has 0 aliphatic rings. The SMILES string of the molecule is COc1ccc(NC(=O)C(C)Sc2nc(N)cc(N)n2)cc1Cl. The van der Waals surface area contributed by atoms with E-state index in [0.29, 0.717) is 21.6 Å². The van der Waals surface area contributed by atoms with Gasteiger partial charge in [-0.1, -0.05) is 23.4 Å².